The Morgan fingerprint density at radius 1 is 1.15 bits per heavy atom. The fourth-order valence-electron chi connectivity index (χ4n) is 2.35. The summed E-state index contributed by atoms with van der Waals surface area (Å²) >= 11 is 1.59. The Balaban J connectivity index is 1.79. The maximum atomic E-state index is 13.2. The average Bonchev–Trinajstić information content (AvgIpc) is 2.80. The van der Waals surface area contributed by atoms with Crippen LogP contribution in [-0.2, 0) is 16.3 Å². The number of hydrogen-bond donors (Lipinski definition) is 0. The van der Waals surface area contributed by atoms with Gasteiger partial charge in [0.1, 0.15) is 5.82 Å². The molecule has 1 atom stereocenters. The van der Waals surface area contributed by atoms with Gasteiger partial charge in [0.15, 0.2) is 9.84 Å². The van der Waals surface area contributed by atoms with Crippen LogP contribution in [0.25, 0.3) is 0 Å². The zero-order valence-electron chi connectivity index (χ0n) is 10.6. The second-order valence-electron chi connectivity index (χ2n) is 4.79. The molecule has 0 saturated heterocycles. The van der Waals surface area contributed by atoms with E-state index >= 15 is 0 Å². The first kappa shape index (κ1) is 13.6. The fraction of sp³-hybridized carbons (Fsp3) is 0.200. The normalized spacial score (nSPS) is 17.9. The minimum Gasteiger partial charge on any atom is -0.224 e. The zero-order valence-corrected chi connectivity index (χ0v) is 12.3. The van der Waals surface area contributed by atoms with Crippen LogP contribution in [0.1, 0.15) is 5.56 Å². The summed E-state index contributed by atoms with van der Waals surface area (Å²) in [4.78, 5) is 1.21. The number of sulfone groups is 1. The molecule has 5 heteroatoms. The lowest BCUT2D eigenvalue weighted by molar-refractivity contribution is 0.589. The van der Waals surface area contributed by atoms with Gasteiger partial charge in [0, 0.05) is 10.1 Å². The summed E-state index contributed by atoms with van der Waals surface area (Å²) in [7, 11) is -3.44. The molecule has 0 bridgehead atoms. The molecule has 104 valence electrons. The molecule has 0 amide bonds. The van der Waals surface area contributed by atoms with Crippen LogP contribution in [0.2, 0.25) is 0 Å². The quantitative estimate of drug-likeness (QED) is 0.872. The van der Waals surface area contributed by atoms with E-state index in [1.807, 2.05) is 24.3 Å². The molecule has 0 saturated carbocycles. The summed E-state index contributed by atoms with van der Waals surface area (Å²) < 4.78 is 37.8. The van der Waals surface area contributed by atoms with Gasteiger partial charge < -0.3 is 0 Å². The second-order valence-corrected chi connectivity index (χ2v) is 8.17. The van der Waals surface area contributed by atoms with Gasteiger partial charge in [-0.1, -0.05) is 24.3 Å². The summed E-state index contributed by atoms with van der Waals surface area (Å²) in [6.07, 6.45) is 0.745. The predicted molar refractivity (Wildman–Crippen MR) is 78.2 cm³/mol. The number of halogens is 1. The van der Waals surface area contributed by atoms with Crippen molar-refractivity contribution in [2.24, 2.45) is 0 Å². The van der Waals surface area contributed by atoms with Gasteiger partial charge >= 0.3 is 0 Å². The van der Waals surface area contributed by atoms with Gasteiger partial charge in [-0.2, -0.15) is 0 Å². The van der Waals surface area contributed by atoms with Crippen molar-refractivity contribution in [3.8, 4) is 0 Å². The van der Waals surface area contributed by atoms with E-state index in [9.17, 15) is 12.8 Å². The summed E-state index contributed by atoms with van der Waals surface area (Å²) in [5.74, 6) is -0.482. The Kier molecular flexibility index (Phi) is 3.56. The number of thioether (sulfide) groups is 1. The van der Waals surface area contributed by atoms with Crippen molar-refractivity contribution in [1.29, 1.82) is 0 Å². The molecule has 2 nitrogen and oxygen atoms in total. The van der Waals surface area contributed by atoms with Gasteiger partial charge in [-0.3, -0.25) is 0 Å². The number of hydrogen-bond acceptors (Lipinski definition) is 3. The van der Waals surface area contributed by atoms with Crippen LogP contribution in [-0.4, -0.2) is 19.4 Å². The van der Waals surface area contributed by atoms with Crippen LogP contribution in [0, 0.1) is 5.82 Å². The highest BCUT2D eigenvalue weighted by Crippen LogP contribution is 2.37. The smallest absolute Gasteiger partial charge is 0.179 e. The zero-order chi connectivity index (χ0) is 14.2. The van der Waals surface area contributed by atoms with Gasteiger partial charge in [-0.15, -0.1) is 11.8 Å². The van der Waals surface area contributed by atoms with Gasteiger partial charge in [0.2, 0.25) is 0 Å². The molecule has 1 aliphatic rings. The Morgan fingerprint density at radius 3 is 2.70 bits per heavy atom. The van der Waals surface area contributed by atoms with Crippen LogP contribution >= 0.6 is 11.8 Å². The standard InChI is InChI=1S/C15H13FO2S2/c16-12-5-3-6-14(9-12)20(17,18)10-13-8-11-4-1-2-7-15(11)19-13/h1-7,9,13H,8,10H2. The van der Waals surface area contributed by atoms with Crippen LogP contribution in [0.15, 0.2) is 58.3 Å². The molecule has 1 heterocycles. The van der Waals surface area contributed by atoms with Crippen LogP contribution in [0.5, 0.6) is 0 Å². The lowest BCUT2D eigenvalue weighted by Gasteiger charge is -2.09. The third kappa shape index (κ3) is 2.74. The van der Waals surface area contributed by atoms with E-state index in [0.29, 0.717) is 0 Å². The SMILES string of the molecule is O=S(=O)(CC1Cc2ccccc2S1)c1cccc(F)c1. The number of rotatable bonds is 3. The molecule has 20 heavy (non-hydrogen) atoms. The molecular formula is C15H13FO2S2. The Morgan fingerprint density at radius 2 is 1.95 bits per heavy atom. The highest BCUT2D eigenvalue weighted by molar-refractivity contribution is 8.01. The van der Waals surface area contributed by atoms with E-state index in [2.05, 4.69) is 0 Å². The lowest BCUT2D eigenvalue weighted by atomic mass is 10.1. The molecule has 3 rings (SSSR count). The van der Waals surface area contributed by atoms with Crippen molar-refractivity contribution in [2.75, 3.05) is 5.75 Å². The number of fused-ring (bicyclic) bond motifs is 1. The first-order valence-corrected chi connectivity index (χ1v) is 8.81. The lowest BCUT2D eigenvalue weighted by Crippen LogP contribution is -2.18. The Labute approximate surface area is 121 Å². The van der Waals surface area contributed by atoms with E-state index in [-0.39, 0.29) is 15.9 Å². The topological polar surface area (TPSA) is 34.1 Å². The van der Waals surface area contributed by atoms with Crippen molar-refractivity contribution in [3.63, 3.8) is 0 Å². The largest absolute Gasteiger partial charge is 0.224 e. The first-order valence-electron chi connectivity index (χ1n) is 6.27. The third-order valence-electron chi connectivity index (χ3n) is 3.27. The highest BCUT2D eigenvalue weighted by Gasteiger charge is 2.28. The predicted octanol–water partition coefficient (Wildman–Crippen LogP) is 3.32. The monoisotopic (exact) mass is 308 g/mol. The van der Waals surface area contributed by atoms with Crippen LogP contribution in [0.4, 0.5) is 4.39 Å². The molecule has 2 aromatic carbocycles. The molecule has 0 aliphatic carbocycles. The minimum atomic E-state index is -3.44. The van der Waals surface area contributed by atoms with Crippen molar-refractivity contribution in [1.82, 2.24) is 0 Å². The van der Waals surface area contributed by atoms with Crippen molar-refractivity contribution >= 4 is 21.6 Å². The summed E-state index contributed by atoms with van der Waals surface area (Å²) in [5, 5.41) is 0.000618. The molecule has 0 radical (unpaired) electrons. The Hall–Kier alpha value is -1.33. The van der Waals surface area contributed by atoms with Crippen LogP contribution < -0.4 is 0 Å². The average molecular weight is 308 g/mol. The summed E-state index contributed by atoms with van der Waals surface area (Å²) in [6.45, 7) is 0. The first-order chi connectivity index (χ1) is 9.54. The summed E-state index contributed by atoms with van der Waals surface area (Å²) in [6, 6.07) is 13.2. The fourth-order valence-corrected chi connectivity index (χ4v) is 5.62. The molecule has 0 spiro atoms. The Bertz CT molecular complexity index is 716. The molecule has 0 fully saturated rings. The van der Waals surface area contributed by atoms with Crippen molar-refractivity contribution < 1.29 is 12.8 Å². The third-order valence-corrected chi connectivity index (χ3v) is 6.62. The van der Waals surface area contributed by atoms with E-state index in [1.54, 1.807) is 11.8 Å². The van der Waals surface area contributed by atoms with Gasteiger partial charge in [0.25, 0.3) is 0 Å². The minimum absolute atomic E-state index is 0.000618. The maximum absolute atomic E-state index is 13.2. The molecule has 1 unspecified atom stereocenters. The molecule has 0 N–H and O–H groups in total. The van der Waals surface area contributed by atoms with E-state index in [1.165, 1.54) is 23.8 Å². The summed E-state index contributed by atoms with van der Waals surface area (Å²) in [5.41, 5.74) is 1.19. The van der Waals surface area contributed by atoms with E-state index in [0.717, 1.165) is 17.4 Å². The van der Waals surface area contributed by atoms with Crippen LogP contribution in [0.3, 0.4) is 0 Å². The maximum Gasteiger partial charge on any atom is 0.179 e. The number of benzene rings is 2. The van der Waals surface area contributed by atoms with E-state index in [4.69, 9.17) is 0 Å². The van der Waals surface area contributed by atoms with Gasteiger partial charge in [0.05, 0.1) is 10.6 Å². The molecule has 0 aromatic heterocycles. The van der Waals surface area contributed by atoms with Crippen molar-refractivity contribution in [3.05, 3.63) is 59.9 Å². The second kappa shape index (κ2) is 5.22. The van der Waals surface area contributed by atoms with Crippen molar-refractivity contribution in [2.45, 2.75) is 21.5 Å². The molecule has 1 aliphatic heterocycles. The molecule has 2 aromatic rings. The molecular weight excluding hydrogens is 295 g/mol. The van der Waals surface area contributed by atoms with Gasteiger partial charge in [-0.25, -0.2) is 12.8 Å². The van der Waals surface area contributed by atoms with E-state index < -0.39 is 15.7 Å². The highest BCUT2D eigenvalue weighted by atomic mass is 32.2. The van der Waals surface area contributed by atoms with Gasteiger partial charge in [-0.05, 0) is 36.2 Å².